The van der Waals surface area contributed by atoms with E-state index in [2.05, 4.69) is 40.1 Å². The lowest BCUT2D eigenvalue weighted by atomic mass is 9.94. The third kappa shape index (κ3) is 5.26. The van der Waals surface area contributed by atoms with E-state index in [1.54, 1.807) is 0 Å². The second kappa shape index (κ2) is 9.54. The maximum Gasteiger partial charge on any atom is 0.0113 e. The summed E-state index contributed by atoms with van der Waals surface area (Å²) in [4.78, 5) is 5.44. The van der Waals surface area contributed by atoms with Gasteiger partial charge in [0.05, 0.1) is 0 Å². The van der Waals surface area contributed by atoms with E-state index in [9.17, 15) is 0 Å². The molecule has 3 heteroatoms. The highest BCUT2D eigenvalue weighted by Crippen LogP contribution is 2.23. The molecule has 3 rings (SSSR count). The van der Waals surface area contributed by atoms with Gasteiger partial charge in [-0.15, -0.1) is 12.4 Å². The predicted molar refractivity (Wildman–Crippen MR) is 96.9 cm³/mol. The highest BCUT2D eigenvalue weighted by Gasteiger charge is 2.24. The largest absolute Gasteiger partial charge is 0.301 e. The molecule has 1 heterocycles. The molecule has 124 valence electrons. The van der Waals surface area contributed by atoms with Crippen LogP contribution in [0.5, 0.6) is 0 Å². The number of nitrogens with zero attached hydrogens (tertiary/aromatic N) is 2. The standard InChI is InChI=1S/C19H30N2.ClH/c1-3-8-18(9-4-1)10-7-13-20-14-16-21(17-15-20)19-11-5-2-6-12-19;/h1,3-4,8-9,19H,2,5-7,10-17H2;1H. The molecule has 0 amide bonds. The van der Waals surface area contributed by atoms with E-state index in [4.69, 9.17) is 0 Å². The van der Waals surface area contributed by atoms with Crippen molar-refractivity contribution in [2.45, 2.75) is 51.0 Å². The summed E-state index contributed by atoms with van der Waals surface area (Å²) in [5.41, 5.74) is 1.48. The summed E-state index contributed by atoms with van der Waals surface area (Å²) in [5, 5.41) is 0. The van der Waals surface area contributed by atoms with Crippen LogP contribution in [0.15, 0.2) is 30.3 Å². The molecule has 2 aliphatic rings. The topological polar surface area (TPSA) is 6.48 Å². The van der Waals surface area contributed by atoms with Crippen LogP contribution in [0, 0.1) is 0 Å². The number of piperazine rings is 1. The maximum atomic E-state index is 2.77. The van der Waals surface area contributed by atoms with Gasteiger partial charge in [0.1, 0.15) is 0 Å². The van der Waals surface area contributed by atoms with Crippen molar-refractivity contribution < 1.29 is 0 Å². The average Bonchev–Trinajstić information content (AvgIpc) is 2.57. The van der Waals surface area contributed by atoms with Gasteiger partial charge in [-0.25, -0.2) is 0 Å². The zero-order valence-corrected chi connectivity index (χ0v) is 14.6. The van der Waals surface area contributed by atoms with Crippen LogP contribution in [0.1, 0.15) is 44.1 Å². The van der Waals surface area contributed by atoms with Crippen LogP contribution in [0.4, 0.5) is 0 Å². The summed E-state index contributed by atoms with van der Waals surface area (Å²) in [6.07, 6.45) is 9.82. The summed E-state index contributed by atoms with van der Waals surface area (Å²) in [7, 11) is 0. The number of rotatable bonds is 5. The van der Waals surface area contributed by atoms with Crippen molar-refractivity contribution in [1.82, 2.24) is 9.80 Å². The molecule has 0 spiro atoms. The van der Waals surface area contributed by atoms with Crippen molar-refractivity contribution in [3.05, 3.63) is 35.9 Å². The predicted octanol–water partition coefficient (Wildman–Crippen LogP) is 3.99. The third-order valence-corrected chi connectivity index (χ3v) is 5.28. The van der Waals surface area contributed by atoms with E-state index in [1.807, 2.05) is 0 Å². The lowest BCUT2D eigenvalue weighted by Gasteiger charge is -2.40. The average molecular weight is 323 g/mol. The van der Waals surface area contributed by atoms with Gasteiger partial charge in [0.15, 0.2) is 0 Å². The van der Waals surface area contributed by atoms with Gasteiger partial charge in [-0.2, -0.15) is 0 Å². The summed E-state index contributed by atoms with van der Waals surface area (Å²) >= 11 is 0. The van der Waals surface area contributed by atoms with E-state index in [0.29, 0.717) is 0 Å². The van der Waals surface area contributed by atoms with Crippen LogP contribution in [-0.2, 0) is 6.42 Å². The van der Waals surface area contributed by atoms with E-state index in [-0.39, 0.29) is 12.4 Å². The second-order valence-corrected chi connectivity index (χ2v) is 6.76. The van der Waals surface area contributed by atoms with Gasteiger partial charge >= 0.3 is 0 Å². The maximum absolute atomic E-state index is 2.77. The second-order valence-electron chi connectivity index (χ2n) is 6.76. The molecule has 1 saturated carbocycles. The van der Waals surface area contributed by atoms with Crippen molar-refractivity contribution in [2.24, 2.45) is 0 Å². The molecule has 2 nitrogen and oxygen atoms in total. The molecule has 2 fully saturated rings. The Morgan fingerprint density at radius 2 is 1.55 bits per heavy atom. The lowest BCUT2D eigenvalue weighted by molar-refractivity contribution is 0.0785. The van der Waals surface area contributed by atoms with Gasteiger partial charge in [-0.05, 0) is 37.8 Å². The number of hydrogen-bond donors (Lipinski definition) is 0. The van der Waals surface area contributed by atoms with Crippen molar-refractivity contribution in [3.63, 3.8) is 0 Å². The molecule has 0 aromatic heterocycles. The highest BCUT2D eigenvalue weighted by atomic mass is 35.5. The first kappa shape index (κ1) is 17.8. The van der Waals surface area contributed by atoms with E-state index < -0.39 is 0 Å². The van der Waals surface area contributed by atoms with Crippen molar-refractivity contribution in [3.8, 4) is 0 Å². The van der Waals surface area contributed by atoms with Crippen LogP contribution in [0.3, 0.4) is 0 Å². The molecule has 1 aliphatic heterocycles. The first-order valence-corrected chi connectivity index (χ1v) is 8.92. The molecular formula is C19H31ClN2. The highest BCUT2D eigenvalue weighted by molar-refractivity contribution is 5.85. The van der Waals surface area contributed by atoms with Crippen LogP contribution < -0.4 is 0 Å². The summed E-state index contributed by atoms with van der Waals surface area (Å²) in [6.45, 7) is 6.44. The van der Waals surface area contributed by atoms with Crippen molar-refractivity contribution in [2.75, 3.05) is 32.7 Å². The summed E-state index contributed by atoms with van der Waals surface area (Å²) < 4.78 is 0. The molecule has 0 unspecified atom stereocenters. The molecular weight excluding hydrogens is 292 g/mol. The number of aryl methyl sites for hydroxylation is 1. The first-order valence-electron chi connectivity index (χ1n) is 8.92. The molecule has 1 saturated heterocycles. The molecule has 1 aliphatic carbocycles. The fraction of sp³-hybridized carbons (Fsp3) is 0.684. The van der Waals surface area contributed by atoms with Crippen LogP contribution in [0.2, 0.25) is 0 Å². The van der Waals surface area contributed by atoms with Crippen LogP contribution in [0.25, 0.3) is 0 Å². The minimum absolute atomic E-state index is 0. The molecule has 1 aromatic rings. The SMILES string of the molecule is Cl.c1ccc(CCCN2CCN(C3CCCCC3)CC2)cc1. The van der Waals surface area contributed by atoms with Gasteiger partial charge in [-0.3, -0.25) is 4.90 Å². The number of halogens is 1. The zero-order valence-electron chi connectivity index (χ0n) is 13.8. The van der Waals surface area contributed by atoms with Gasteiger partial charge in [-0.1, -0.05) is 49.6 Å². The Kier molecular flexibility index (Phi) is 7.71. The normalized spacial score (nSPS) is 21.5. The molecule has 0 N–H and O–H groups in total. The Hall–Kier alpha value is -0.570. The van der Waals surface area contributed by atoms with E-state index in [1.165, 1.54) is 83.2 Å². The quantitative estimate of drug-likeness (QED) is 0.808. The third-order valence-electron chi connectivity index (χ3n) is 5.28. The Morgan fingerprint density at radius 1 is 0.864 bits per heavy atom. The Bertz CT molecular complexity index is 395. The van der Waals surface area contributed by atoms with Crippen molar-refractivity contribution >= 4 is 12.4 Å². The van der Waals surface area contributed by atoms with E-state index >= 15 is 0 Å². The lowest BCUT2D eigenvalue weighted by Crippen LogP contribution is -2.50. The van der Waals surface area contributed by atoms with Crippen LogP contribution >= 0.6 is 12.4 Å². The van der Waals surface area contributed by atoms with Gasteiger partial charge in [0.25, 0.3) is 0 Å². The van der Waals surface area contributed by atoms with Gasteiger partial charge in [0, 0.05) is 32.2 Å². The van der Waals surface area contributed by atoms with E-state index in [0.717, 1.165) is 6.04 Å². The number of benzene rings is 1. The zero-order chi connectivity index (χ0) is 14.3. The fourth-order valence-corrected chi connectivity index (χ4v) is 3.95. The molecule has 22 heavy (non-hydrogen) atoms. The minimum atomic E-state index is 0. The molecule has 0 atom stereocenters. The Morgan fingerprint density at radius 3 is 2.23 bits per heavy atom. The fourth-order valence-electron chi connectivity index (χ4n) is 3.95. The molecule has 0 bridgehead atoms. The van der Waals surface area contributed by atoms with Gasteiger partial charge in [0.2, 0.25) is 0 Å². The van der Waals surface area contributed by atoms with Crippen molar-refractivity contribution in [1.29, 1.82) is 0 Å². The summed E-state index contributed by atoms with van der Waals surface area (Å²) in [5.74, 6) is 0. The Labute approximate surface area is 142 Å². The Balaban J connectivity index is 0.00000176. The molecule has 0 radical (unpaired) electrons. The van der Waals surface area contributed by atoms with Gasteiger partial charge < -0.3 is 4.90 Å². The smallest absolute Gasteiger partial charge is 0.0113 e. The van der Waals surface area contributed by atoms with Crippen LogP contribution in [-0.4, -0.2) is 48.6 Å². The number of hydrogen-bond acceptors (Lipinski definition) is 2. The minimum Gasteiger partial charge on any atom is -0.301 e. The molecule has 1 aromatic carbocycles. The first-order chi connectivity index (χ1) is 10.4. The summed E-state index contributed by atoms with van der Waals surface area (Å²) in [6, 6.07) is 11.8. The monoisotopic (exact) mass is 322 g/mol.